The normalized spacial score (nSPS) is 16.8. The van der Waals surface area contributed by atoms with Crippen molar-refractivity contribution in [2.45, 2.75) is 253 Å². The van der Waals surface area contributed by atoms with Gasteiger partial charge in [-0.1, -0.05) is 237 Å². The van der Waals surface area contributed by atoms with Gasteiger partial charge in [0.2, 0.25) is 0 Å². The van der Waals surface area contributed by atoms with Gasteiger partial charge in [0, 0.05) is 52.2 Å². The minimum absolute atomic E-state index is 0. The molecule has 0 amide bonds. The third kappa shape index (κ3) is 91.0. The van der Waals surface area contributed by atoms with Gasteiger partial charge < -0.3 is 9.26 Å². The van der Waals surface area contributed by atoms with E-state index in [0.29, 0.717) is 0 Å². The van der Waals surface area contributed by atoms with Crippen LogP contribution in [0.3, 0.4) is 0 Å². The molecule has 2 saturated heterocycles. The van der Waals surface area contributed by atoms with Crippen LogP contribution in [0.4, 0.5) is 0 Å². The van der Waals surface area contributed by atoms with E-state index in [1.165, 1.54) is 124 Å². The molecular weight excluding hydrogens is 1030 g/mol. The van der Waals surface area contributed by atoms with E-state index in [9.17, 15) is 0 Å². The van der Waals surface area contributed by atoms with Crippen LogP contribution in [0.2, 0.25) is 0 Å². The second-order valence-corrected chi connectivity index (χ2v) is 25.3. The van der Waals surface area contributed by atoms with Crippen molar-refractivity contribution in [3.63, 3.8) is 0 Å². The van der Waals surface area contributed by atoms with Crippen LogP contribution in [0.25, 0.3) is 0 Å². The minimum Gasteiger partial charge on any atom is -0.415 e. The molecule has 9 heteroatoms. The van der Waals surface area contributed by atoms with Crippen molar-refractivity contribution in [2.75, 3.05) is 36.3 Å². The van der Waals surface area contributed by atoms with Crippen molar-refractivity contribution >= 4 is 59.2 Å². The second-order valence-electron chi connectivity index (χ2n) is 17.9. The van der Waals surface area contributed by atoms with Gasteiger partial charge in [-0.3, -0.25) is 6.42 Å². The summed E-state index contributed by atoms with van der Waals surface area (Å²) in [5, 5.41) is 0. The van der Waals surface area contributed by atoms with Crippen molar-refractivity contribution in [3.8, 4) is 0 Å². The zero-order valence-corrected chi connectivity index (χ0v) is 54.0. The molecule has 1 saturated carbocycles. The molecule has 2 aliphatic heterocycles. The van der Waals surface area contributed by atoms with Gasteiger partial charge >= 0.3 is 0 Å². The smallest absolute Gasteiger partial charge is 0.0626 e. The van der Waals surface area contributed by atoms with Crippen molar-refractivity contribution in [3.05, 3.63) is 30.7 Å². The summed E-state index contributed by atoms with van der Waals surface area (Å²) < 4.78 is 11.1. The Balaban J connectivity index is -0.0000000917. The van der Waals surface area contributed by atoms with Gasteiger partial charge in [-0.05, 0) is 114 Å². The average molecular weight is 1150 g/mol. The molecule has 2 heterocycles. The summed E-state index contributed by atoms with van der Waals surface area (Å²) in [6.07, 6.45) is 21.9. The first kappa shape index (κ1) is 81.9. The summed E-state index contributed by atoms with van der Waals surface area (Å²) >= 11 is 0. The molecule has 2 radical (unpaired) electrons. The first-order valence-electron chi connectivity index (χ1n) is 25.6. The molecule has 0 aromatic heterocycles. The Labute approximate surface area is 435 Å². The summed E-state index contributed by atoms with van der Waals surface area (Å²) in [6.45, 7) is 55.4. The minimum atomic E-state index is -0.330. The Hall–Kier alpha value is 1.98. The molecule has 0 bridgehead atoms. The number of allylic oxidation sites excluding steroid dienone is 2. The molecule has 1 aliphatic carbocycles. The van der Waals surface area contributed by atoms with E-state index in [2.05, 4.69) is 137 Å². The Morgan fingerprint density at radius 2 is 1.17 bits per heavy atom. The fraction of sp³-hybridized carbons (Fsp3) is 0.907. The largest absolute Gasteiger partial charge is 0.415 e. The fourth-order valence-corrected chi connectivity index (χ4v) is 9.92. The molecule has 0 aromatic rings. The van der Waals surface area contributed by atoms with E-state index in [1.54, 1.807) is 0 Å². The van der Waals surface area contributed by atoms with Gasteiger partial charge in [0.15, 0.2) is 0 Å². The van der Waals surface area contributed by atoms with E-state index in [0.717, 1.165) is 36.0 Å². The fourth-order valence-electron chi connectivity index (χ4n) is 4.87. The van der Waals surface area contributed by atoms with Crippen molar-refractivity contribution in [1.82, 2.24) is 0 Å². The summed E-state index contributed by atoms with van der Waals surface area (Å²) in [5.74, 6) is 9.72. The first-order valence-corrected chi connectivity index (χ1v) is 32.8. The monoisotopic (exact) mass is 1150 g/mol. The summed E-state index contributed by atoms with van der Waals surface area (Å²) in [6, 6.07) is -0.241. The summed E-state index contributed by atoms with van der Waals surface area (Å²) in [5.41, 5.74) is 2.77. The van der Waals surface area contributed by atoms with E-state index in [1.807, 2.05) is 77.3 Å². The standard InChI is InChI=1S/C9H18.C8H15BO2P.C7H16S2.C6H10.2C6H14.C5H12.C3H6S2.2C2H6.W/c1-8(2)6-5-7-9(3)4;1-4-6-7(11-12(2)3)5-8(9)10-6;1-4-8-9-6-5-7(2)3;1-6-4-2-3-5-6;2*1-4-5-6(2)3;1-4-5(2)3;1-2-4-5-3-1;2*1-2;/h9H,1,5-7H2,2-4H3;5-8H,4H2,1-3H3;7H,4-6H2,1-3H3;1-5H2;2*6H,4-5H2,1-3H3;5H,4H2,1-3H3;1-3H2;2*1-2H3;/q;-1;;;;;;;;;/t;6-,7?,8-;;;;;;;;;/m.1........./s1. The predicted octanol–water partition coefficient (Wildman–Crippen LogP) is 21.2. The topological polar surface area (TPSA) is 18.5 Å². The van der Waals surface area contributed by atoms with Crippen LogP contribution >= 0.6 is 51.3 Å². The van der Waals surface area contributed by atoms with Gasteiger partial charge in [-0.25, -0.2) is 0 Å². The molecule has 0 aromatic carbocycles. The van der Waals surface area contributed by atoms with Crippen molar-refractivity contribution < 1.29 is 30.3 Å². The Morgan fingerprint density at radius 3 is 1.41 bits per heavy atom. The molecule has 3 atom stereocenters. The summed E-state index contributed by atoms with van der Waals surface area (Å²) in [4.78, 5) is 0. The maximum atomic E-state index is 5.69. The molecule has 63 heavy (non-hydrogen) atoms. The number of ether oxygens (including phenoxy) is 1. The van der Waals surface area contributed by atoms with Crippen LogP contribution in [0.1, 0.15) is 235 Å². The molecule has 2 nitrogen and oxygen atoms in total. The second kappa shape index (κ2) is 68.2. The molecular formula is C54H117BO2PS4W-. The molecule has 0 N–H and O–H groups in total. The maximum Gasteiger partial charge on any atom is 0.0626 e. The van der Waals surface area contributed by atoms with Gasteiger partial charge in [0.25, 0.3) is 0 Å². The van der Waals surface area contributed by atoms with Gasteiger partial charge in [-0.15, -0.1) is 6.58 Å². The SMILES string of the molecule is C1CSSC1.C=C(C)CCCC(C)C.C=C1CCCC1.CC.CC.CCC(C)C.CCCC(C)C.CCCC(C)C.CCSSCCC(C)C.[B][C@H]1[CH-]C(OP(C)C)[C@@H](CC)O1.[W]. The summed E-state index contributed by atoms with van der Waals surface area (Å²) in [7, 11) is 13.2. The van der Waals surface area contributed by atoms with Crippen molar-refractivity contribution in [2.24, 2.45) is 29.6 Å². The molecule has 1 unspecified atom stereocenters. The molecule has 384 valence electrons. The van der Waals surface area contributed by atoms with Gasteiger partial charge in [0.1, 0.15) is 0 Å². The predicted molar refractivity (Wildman–Crippen MR) is 311 cm³/mol. The van der Waals surface area contributed by atoms with Crippen LogP contribution in [0.5, 0.6) is 0 Å². The van der Waals surface area contributed by atoms with Crippen molar-refractivity contribution in [1.29, 1.82) is 0 Å². The maximum absolute atomic E-state index is 5.69. The Bertz CT molecular complexity index is 789. The Morgan fingerprint density at radius 1 is 0.746 bits per heavy atom. The number of hydrogen-bond acceptors (Lipinski definition) is 6. The average Bonchev–Trinajstić information content (AvgIpc) is 4.01. The van der Waals surface area contributed by atoms with Crippen LogP contribution in [0, 0.1) is 36.0 Å². The van der Waals surface area contributed by atoms with E-state index in [-0.39, 0.29) is 47.4 Å². The number of hydrogen-bond donors (Lipinski definition) is 0. The molecule has 3 fully saturated rings. The van der Waals surface area contributed by atoms with Crippen LogP contribution < -0.4 is 0 Å². The van der Waals surface area contributed by atoms with Crippen LogP contribution in [-0.4, -0.2) is 62.4 Å². The molecule has 0 spiro atoms. The van der Waals surface area contributed by atoms with E-state index < -0.39 is 0 Å². The molecule has 3 rings (SSSR count). The first-order chi connectivity index (χ1) is 29.2. The quantitative estimate of drug-likeness (QED) is 0.0358. The third-order valence-corrected chi connectivity index (χ3v) is 14.3. The number of rotatable bonds is 17. The van der Waals surface area contributed by atoms with Crippen LogP contribution in [0.15, 0.2) is 24.3 Å². The zero-order chi connectivity index (χ0) is 49.7. The van der Waals surface area contributed by atoms with E-state index >= 15 is 0 Å². The zero-order valence-electron chi connectivity index (χ0n) is 46.9. The third-order valence-electron chi connectivity index (χ3n) is 8.58. The van der Waals surface area contributed by atoms with E-state index in [4.69, 9.17) is 17.1 Å². The van der Waals surface area contributed by atoms with Crippen LogP contribution in [-0.2, 0) is 30.3 Å². The molecule has 3 aliphatic rings. The van der Waals surface area contributed by atoms with Gasteiger partial charge in [-0.2, -0.15) is 0 Å². The van der Waals surface area contributed by atoms with Gasteiger partial charge in [0.05, 0.1) is 14.0 Å². The Kier molecular flexibility index (Phi) is 88.8.